The SMILES string of the molecule is COc1ccc(C(CC(O)c2ccc3ccccc3c2)Nc2cccc([N+](=O)[O-])c2)cc1OC. The molecule has 0 amide bonds. The summed E-state index contributed by atoms with van der Waals surface area (Å²) in [5.74, 6) is 1.15. The first-order chi connectivity index (χ1) is 16.5. The lowest BCUT2D eigenvalue weighted by molar-refractivity contribution is -0.384. The number of benzene rings is 4. The second-order valence-electron chi connectivity index (χ2n) is 7.98. The monoisotopic (exact) mass is 458 g/mol. The number of methoxy groups -OCH3 is 2. The molecule has 34 heavy (non-hydrogen) atoms. The quantitative estimate of drug-likeness (QED) is 0.235. The predicted octanol–water partition coefficient (Wildman–Crippen LogP) is 6.04. The van der Waals surface area contributed by atoms with Gasteiger partial charge in [-0.1, -0.05) is 48.5 Å². The van der Waals surface area contributed by atoms with Gasteiger partial charge < -0.3 is 19.9 Å². The van der Waals surface area contributed by atoms with Gasteiger partial charge in [0.15, 0.2) is 11.5 Å². The zero-order chi connectivity index (χ0) is 24.1. The molecule has 174 valence electrons. The maximum absolute atomic E-state index is 11.2. The third-order valence-electron chi connectivity index (χ3n) is 5.83. The van der Waals surface area contributed by atoms with Crippen LogP contribution in [-0.2, 0) is 0 Å². The van der Waals surface area contributed by atoms with Crippen LogP contribution in [-0.4, -0.2) is 24.2 Å². The van der Waals surface area contributed by atoms with Gasteiger partial charge in [0, 0.05) is 24.2 Å². The summed E-state index contributed by atoms with van der Waals surface area (Å²) >= 11 is 0. The first-order valence-corrected chi connectivity index (χ1v) is 10.9. The maximum atomic E-state index is 11.2. The molecular formula is C27H26N2O5. The van der Waals surface area contributed by atoms with E-state index in [0.29, 0.717) is 23.6 Å². The summed E-state index contributed by atoms with van der Waals surface area (Å²) in [5, 5.41) is 27.9. The molecule has 0 aliphatic rings. The van der Waals surface area contributed by atoms with Crippen molar-refractivity contribution < 1.29 is 19.5 Å². The van der Waals surface area contributed by atoms with Crippen molar-refractivity contribution in [3.8, 4) is 11.5 Å². The van der Waals surface area contributed by atoms with Crippen LogP contribution in [0, 0.1) is 10.1 Å². The van der Waals surface area contributed by atoms with Gasteiger partial charge >= 0.3 is 0 Å². The van der Waals surface area contributed by atoms with Crippen molar-refractivity contribution >= 4 is 22.1 Å². The molecule has 7 nitrogen and oxygen atoms in total. The van der Waals surface area contributed by atoms with Crippen LogP contribution in [0.5, 0.6) is 11.5 Å². The molecule has 0 aromatic heterocycles. The Kier molecular flexibility index (Phi) is 6.94. The summed E-state index contributed by atoms with van der Waals surface area (Å²) in [6.07, 6.45) is -0.440. The Bertz CT molecular complexity index is 1310. The predicted molar refractivity (Wildman–Crippen MR) is 133 cm³/mol. The van der Waals surface area contributed by atoms with E-state index in [1.807, 2.05) is 54.6 Å². The van der Waals surface area contributed by atoms with Gasteiger partial charge in [0.25, 0.3) is 5.69 Å². The minimum absolute atomic E-state index is 0.00820. The first kappa shape index (κ1) is 23.1. The van der Waals surface area contributed by atoms with Crippen LogP contribution in [0.1, 0.15) is 29.7 Å². The van der Waals surface area contributed by atoms with Gasteiger partial charge in [-0.15, -0.1) is 0 Å². The largest absolute Gasteiger partial charge is 0.493 e. The van der Waals surface area contributed by atoms with Crippen LogP contribution in [0.2, 0.25) is 0 Å². The van der Waals surface area contributed by atoms with Crippen LogP contribution in [0.25, 0.3) is 10.8 Å². The number of anilines is 1. The third kappa shape index (κ3) is 5.10. The number of aliphatic hydroxyl groups is 1. The van der Waals surface area contributed by atoms with E-state index < -0.39 is 11.0 Å². The maximum Gasteiger partial charge on any atom is 0.271 e. The average Bonchev–Trinajstić information content (AvgIpc) is 2.87. The number of non-ortho nitro benzene ring substituents is 1. The molecule has 0 heterocycles. The Morgan fingerprint density at radius 2 is 1.59 bits per heavy atom. The number of nitro benzene ring substituents is 1. The molecule has 4 aromatic carbocycles. The second kappa shape index (κ2) is 10.2. The Morgan fingerprint density at radius 3 is 2.32 bits per heavy atom. The van der Waals surface area contributed by atoms with Gasteiger partial charge in [0.2, 0.25) is 0 Å². The molecule has 0 radical (unpaired) electrons. The fourth-order valence-electron chi connectivity index (χ4n) is 4.03. The highest BCUT2D eigenvalue weighted by Gasteiger charge is 2.21. The van der Waals surface area contributed by atoms with Gasteiger partial charge in [-0.3, -0.25) is 10.1 Å². The molecule has 0 saturated carbocycles. The molecule has 0 fully saturated rings. The van der Waals surface area contributed by atoms with Crippen molar-refractivity contribution in [2.75, 3.05) is 19.5 Å². The standard InChI is InChI=1S/C27H26N2O5/c1-33-26-13-12-20(15-27(26)34-2)24(28-22-8-5-9-23(16-22)29(31)32)17-25(30)21-11-10-18-6-3-4-7-19(18)14-21/h3-16,24-25,28,30H,17H2,1-2H3. The molecule has 4 rings (SSSR count). The summed E-state index contributed by atoms with van der Waals surface area (Å²) < 4.78 is 10.8. The number of hydrogen-bond acceptors (Lipinski definition) is 6. The fraction of sp³-hybridized carbons (Fsp3) is 0.185. The Labute approximate surface area is 197 Å². The van der Waals surface area contributed by atoms with E-state index in [1.54, 1.807) is 32.4 Å². The van der Waals surface area contributed by atoms with Gasteiger partial charge in [-0.25, -0.2) is 0 Å². The summed E-state index contributed by atoms with van der Waals surface area (Å²) in [5.41, 5.74) is 2.22. The molecule has 0 spiro atoms. The highest BCUT2D eigenvalue weighted by Crippen LogP contribution is 2.36. The van der Waals surface area contributed by atoms with Crippen LogP contribution in [0.3, 0.4) is 0 Å². The molecule has 0 bridgehead atoms. The van der Waals surface area contributed by atoms with E-state index >= 15 is 0 Å². The number of fused-ring (bicyclic) bond motifs is 1. The fourth-order valence-corrected chi connectivity index (χ4v) is 4.03. The smallest absolute Gasteiger partial charge is 0.271 e. The van der Waals surface area contributed by atoms with Gasteiger partial charge in [0.1, 0.15) is 0 Å². The van der Waals surface area contributed by atoms with Gasteiger partial charge in [-0.2, -0.15) is 0 Å². The number of ether oxygens (including phenoxy) is 2. The highest BCUT2D eigenvalue weighted by atomic mass is 16.6. The number of nitrogens with one attached hydrogen (secondary N) is 1. The van der Waals surface area contributed by atoms with Gasteiger partial charge in [0.05, 0.1) is 31.3 Å². The molecule has 0 saturated heterocycles. The van der Waals surface area contributed by atoms with Crippen molar-refractivity contribution in [3.63, 3.8) is 0 Å². The number of aliphatic hydroxyl groups excluding tert-OH is 1. The van der Waals surface area contributed by atoms with Crippen LogP contribution in [0.4, 0.5) is 11.4 Å². The van der Waals surface area contributed by atoms with E-state index in [4.69, 9.17) is 9.47 Å². The Morgan fingerprint density at radius 1 is 0.853 bits per heavy atom. The summed E-state index contributed by atoms with van der Waals surface area (Å²) in [6.45, 7) is 0. The Balaban J connectivity index is 1.67. The lowest BCUT2D eigenvalue weighted by Gasteiger charge is -2.24. The zero-order valence-corrected chi connectivity index (χ0v) is 19.0. The van der Waals surface area contributed by atoms with Crippen molar-refractivity contribution in [1.82, 2.24) is 0 Å². The second-order valence-corrected chi connectivity index (χ2v) is 7.98. The normalized spacial score (nSPS) is 12.7. The van der Waals surface area contributed by atoms with E-state index in [2.05, 4.69) is 5.32 Å². The van der Waals surface area contributed by atoms with Crippen LogP contribution >= 0.6 is 0 Å². The lowest BCUT2D eigenvalue weighted by Crippen LogP contribution is -2.15. The van der Waals surface area contributed by atoms with Crippen molar-refractivity contribution in [3.05, 3.63) is 106 Å². The van der Waals surface area contributed by atoms with Crippen LogP contribution < -0.4 is 14.8 Å². The lowest BCUT2D eigenvalue weighted by atomic mass is 9.94. The highest BCUT2D eigenvalue weighted by molar-refractivity contribution is 5.83. The van der Waals surface area contributed by atoms with Gasteiger partial charge in [-0.05, 0) is 46.2 Å². The molecule has 0 aliphatic heterocycles. The third-order valence-corrected chi connectivity index (χ3v) is 5.83. The number of nitrogens with zero attached hydrogens (tertiary/aromatic N) is 1. The number of hydrogen-bond donors (Lipinski definition) is 2. The molecule has 4 aromatic rings. The van der Waals surface area contributed by atoms with Crippen molar-refractivity contribution in [1.29, 1.82) is 0 Å². The molecule has 2 atom stereocenters. The van der Waals surface area contributed by atoms with Crippen molar-refractivity contribution in [2.45, 2.75) is 18.6 Å². The van der Waals surface area contributed by atoms with E-state index in [0.717, 1.165) is 21.9 Å². The number of nitro groups is 1. The average molecular weight is 459 g/mol. The van der Waals surface area contributed by atoms with E-state index in [-0.39, 0.29) is 11.7 Å². The molecule has 0 aliphatic carbocycles. The first-order valence-electron chi connectivity index (χ1n) is 10.9. The van der Waals surface area contributed by atoms with Crippen LogP contribution in [0.15, 0.2) is 84.9 Å². The summed E-state index contributed by atoms with van der Waals surface area (Å²) in [7, 11) is 3.13. The topological polar surface area (TPSA) is 93.9 Å². The van der Waals surface area contributed by atoms with E-state index in [1.165, 1.54) is 12.1 Å². The van der Waals surface area contributed by atoms with Crippen molar-refractivity contribution in [2.24, 2.45) is 0 Å². The summed E-state index contributed by atoms with van der Waals surface area (Å²) in [6, 6.07) is 25.4. The molecular weight excluding hydrogens is 432 g/mol. The zero-order valence-electron chi connectivity index (χ0n) is 19.0. The molecule has 7 heteroatoms. The number of rotatable bonds is 9. The van der Waals surface area contributed by atoms with E-state index in [9.17, 15) is 15.2 Å². The molecule has 2 N–H and O–H groups in total. The summed E-state index contributed by atoms with van der Waals surface area (Å²) in [4.78, 5) is 10.8. The Hall–Kier alpha value is -4.10. The minimum atomic E-state index is -0.770. The minimum Gasteiger partial charge on any atom is -0.493 e. The molecule has 2 unspecified atom stereocenters.